The van der Waals surface area contributed by atoms with Gasteiger partial charge in [0.25, 0.3) is 5.91 Å². The topological polar surface area (TPSA) is 60.4 Å². The summed E-state index contributed by atoms with van der Waals surface area (Å²) >= 11 is 0. The van der Waals surface area contributed by atoms with Gasteiger partial charge < -0.3 is 10.1 Å². The van der Waals surface area contributed by atoms with Crippen molar-refractivity contribution in [3.63, 3.8) is 0 Å². The van der Waals surface area contributed by atoms with Crippen LogP contribution >= 0.6 is 0 Å². The minimum atomic E-state index is -0.479. The molecule has 0 aliphatic heterocycles. The smallest absolute Gasteiger partial charge is 0.267 e. The number of nitrogens with two attached hydrogens (primary N) is 1. The third-order valence-electron chi connectivity index (χ3n) is 2.34. The first-order valence-electron chi connectivity index (χ1n) is 4.78. The summed E-state index contributed by atoms with van der Waals surface area (Å²) in [4.78, 5) is 15.2. The molecule has 0 unspecified atom stereocenters. The van der Waals surface area contributed by atoms with E-state index in [1.807, 2.05) is 6.07 Å². The van der Waals surface area contributed by atoms with Crippen LogP contribution in [-0.2, 0) is 32.7 Å². The Morgan fingerprint density at radius 2 is 2.25 bits per heavy atom. The first-order chi connectivity index (χ1) is 7.09. The standard InChI is InChI=1S/C11H12N3O.Y/c1-7(2)8-3-4-14-9(11(12)15)6-13-10(14)5-8;/h4-7H,1-2H3,(H2,12,15);/q-1;. The van der Waals surface area contributed by atoms with Gasteiger partial charge in [0.05, 0.1) is 11.8 Å². The third kappa shape index (κ3) is 2.33. The van der Waals surface area contributed by atoms with Crippen LogP contribution in [0.25, 0.3) is 5.65 Å². The van der Waals surface area contributed by atoms with Gasteiger partial charge in [0.2, 0.25) is 0 Å². The summed E-state index contributed by atoms with van der Waals surface area (Å²) < 4.78 is 1.65. The van der Waals surface area contributed by atoms with Crippen molar-refractivity contribution in [1.82, 2.24) is 9.38 Å². The number of imidazole rings is 1. The van der Waals surface area contributed by atoms with Crippen LogP contribution in [0.4, 0.5) is 0 Å². The Morgan fingerprint density at radius 1 is 1.56 bits per heavy atom. The number of rotatable bonds is 2. The number of amides is 1. The first kappa shape index (κ1) is 13.3. The van der Waals surface area contributed by atoms with Crippen LogP contribution in [-0.4, -0.2) is 15.3 Å². The van der Waals surface area contributed by atoms with Crippen molar-refractivity contribution in [3.8, 4) is 0 Å². The second-order valence-corrected chi connectivity index (χ2v) is 3.76. The molecule has 0 aromatic carbocycles. The molecule has 0 aliphatic rings. The second-order valence-electron chi connectivity index (χ2n) is 3.76. The number of fused-ring (bicyclic) bond motifs is 1. The molecule has 0 spiro atoms. The van der Waals surface area contributed by atoms with Gasteiger partial charge in [0, 0.05) is 32.7 Å². The molecule has 81 valence electrons. The predicted octanol–water partition coefficient (Wildman–Crippen LogP) is 1.35. The average molecular weight is 291 g/mol. The molecule has 0 aliphatic carbocycles. The van der Waals surface area contributed by atoms with E-state index in [-0.39, 0.29) is 32.7 Å². The van der Waals surface area contributed by atoms with Gasteiger partial charge in [0.1, 0.15) is 5.69 Å². The Kier molecular flexibility index (Phi) is 4.22. The molecular formula is C11H12N3OY-. The zero-order chi connectivity index (χ0) is 11.0. The predicted molar refractivity (Wildman–Crippen MR) is 56.6 cm³/mol. The molecule has 0 saturated heterocycles. The van der Waals surface area contributed by atoms with Gasteiger partial charge in [-0.25, -0.2) is 11.6 Å². The molecule has 0 fully saturated rings. The molecule has 0 bridgehead atoms. The summed E-state index contributed by atoms with van der Waals surface area (Å²) in [6, 6.07) is 5.02. The number of nitrogens with zero attached hydrogens (tertiary/aromatic N) is 2. The fourth-order valence-electron chi connectivity index (χ4n) is 1.45. The first-order valence-corrected chi connectivity index (χ1v) is 4.78. The maximum atomic E-state index is 11.0. The Labute approximate surface area is 119 Å². The van der Waals surface area contributed by atoms with Gasteiger partial charge in [-0.05, 0) is 0 Å². The number of carbonyl (C=O) groups is 1. The molecule has 1 radical (unpaired) electrons. The van der Waals surface area contributed by atoms with Gasteiger partial charge in [0.15, 0.2) is 0 Å². The number of aromatic nitrogens is 2. The summed E-state index contributed by atoms with van der Waals surface area (Å²) in [6.45, 7) is 4.17. The summed E-state index contributed by atoms with van der Waals surface area (Å²) in [7, 11) is 0. The van der Waals surface area contributed by atoms with Crippen molar-refractivity contribution in [3.05, 3.63) is 35.8 Å². The van der Waals surface area contributed by atoms with Crippen LogP contribution in [0.1, 0.15) is 35.8 Å². The molecule has 0 atom stereocenters. The van der Waals surface area contributed by atoms with Gasteiger partial charge in [-0.1, -0.05) is 26.0 Å². The van der Waals surface area contributed by atoms with E-state index in [0.717, 1.165) is 11.2 Å². The molecule has 2 N–H and O–H groups in total. The molecule has 1 amide bonds. The van der Waals surface area contributed by atoms with E-state index in [9.17, 15) is 4.79 Å². The van der Waals surface area contributed by atoms with Crippen LogP contribution in [0.3, 0.4) is 0 Å². The summed E-state index contributed by atoms with van der Waals surface area (Å²) in [5.74, 6) is -0.0862. The van der Waals surface area contributed by atoms with Crippen molar-refractivity contribution in [2.75, 3.05) is 0 Å². The number of hydrogen-bond acceptors (Lipinski definition) is 2. The van der Waals surface area contributed by atoms with Crippen molar-refractivity contribution in [1.29, 1.82) is 0 Å². The Morgan fingerprint density at radius 3 is 2.81 bits per heavy atom. The van der Waals surface area contributed by atoms with Crippen LogP contribution < -0.4 is 5.73 Å². The molecule has 4 nitrogen and oxygen atoms in total. The molecule has 2 aromatic rings. The molecular weight excluding hydrogens is 279 g/mol. The van der Waals surface area contributed by atoms with E-state index in [2.05, 4.69) is 24.9 Å². The molecule has 2 aromatic heterocycles. The number of pyridine rings is 1. The quantitative estimate of drug-likeness (QED) is 0.849. The Bertz CT molecular complexity index is 519. The van der Waals surface area contributed by atoms with Gasteiger partial charge in [-0.2, -0.15) is 6.07 Å². The largest absolute Gasteiger partial charge is 0.364 e. The molecule has 16 heavy (non-hydrogen) atoms. The summed E-state index contributed by atoms with van der Waals surface area (Å²) in [5, 5.41) is 0. The van der Waals surface area contributed by atoms with E-state index in [1.54, 1.807) is 10.6 Å². The average Bonchev–Trinajstić information content (AvgIpc) is 2.59. The van der Waals surface area contributed by atoms with E-state index in [4.69, 9.17) is 5.73 Å². The van der Waals surface area contributed by atoms with E-state index in [1.165, 1.54) is 6.20 Å². The molecule has 2 rings (SSSR count). The minimum Gasteiger partial charge on any atom is -0.364 e. The molecule has 5 heteroatoms. The molecule has 2 heterocycles. The normalized spacial score (nSPS) is 10.4. The van der Waals surface area contributed by atoms with Gasteiger partial charge in [-0.3, -0.25) is 9.78 Å². The maximum Gasteiger partial charge on any atom is 0.267 e. The van der Waals surface area contributed by atoms with Crippen molar-refractivity contribution in [2.24, 2.45) is 5.73 Å². The van der Waals surface area contributed by atoms with E-state index < -0.39 is 5.91 Å². The maximum absolute atomic E-state index is 11.0. The zero-order valence-electron chi connectivity index (χ0n) is 9.27. The van der Waals surface area contributed by atoms with E-state index in [0.29, 0.717) is 11.6 Å². The Balaban J connectivity index is 0.00000128. The van der Waals surface area contributed by atoms with E-state index >= 15 is 0 Å². The van der Waals surface area contributed by atoms with Crippen LogP contribution in [0.5, 0.6) is 0 Å². The SMILES string of the molecule is CC(C)c1[c-]cn2c(C(N)=O)cnc2c1.[Y]. The number of primary amides is 1. The number of hydrogen-bond donors (Lipinski definition) is 1. The third-order valence-corrected chi connectivity index (χ3v) is 2.34. The van der Waals surface area contributed by atoms with Crippen molar-refractivity contribution in [2.45, 2.75) is 19.8 Å². The monoisotopic (exact) mass is 291 g/mol. The van der Waals surface area contributed by atoms with Crippen LogP contribution in [0, 0.1) is 6.07 Å². The summed E-state index contributed by atoms with van der Waals surface area (Å²) in [5.41, 5.74) is 7.40. The second kappa shape index (κ2) is 5.06. The fraction of sp³-hybridized carbons (Fsp3) is 0.273. The van der Waals surface area contributed by atoms with Crippen molar-refractivity contribution < 1.29 is 37.5 Å². The van der Waals surface area contributed by atoms with Crippen LogP contribution in [0.15, 0.2) is 18.5 Å². The summed E-state index contributed by atoms with van der Waals surface area (Å²) in [6.07, 6.45) is 3.19. The van der Waals surface area contributed by atoms with Gasteiger partial charge in [-0.15, -0.1) is 0 Å². The minimum absolute atomic E-state index is 0. The van der Waals surface area contributed by atoms with Gasteiger partial charge >= 0.3 is 0 Å². The van der Waals surface area contributed by atoms with Crippen molar-refractivity contribution >= 4 is 11.6 Å². The zero-order valence-corrected chi connectivity index (χ0v) is 12.1. The Hall–Kier alpha value is -0.736. The fourth-order valence-corrected chi connectivity index (χ4v) is 1.45. The molecule has 0 saturated carbocycles. The number of carbonyl (C=O) groups excluding carboxylic acids is 1. The van der Waals surface area contributed by atoms with Crippen LogP contribution in [0.2, 0.25) is 0 Å².